The van der Waals surface area contributed by atoms with Gasteiger partial charge in [0.2, 0.25) is 0 Å². The topological polar surface area (TPSA) is 123 Å². The largest absolute Gasteiger partial charge is 0.480 e. The average Bonchev–Trinajstić information content (AvgIpc) is 3.33. The lowest BCUT2D eigenvalue weighted by molar-refractivity contribution is -0.139. The number of aryl methyl sites for hydroxylation is 1. The van der Waals surface area contributed by atoms with Crippen LogP contribution in [-0.4, -0.2) is 45.5 Å². The van der Waals surface area contributed by atoms with E-state index in [0.717, 1.165) is 22.3 Å². The molecule has 1 heterocycles. The van der Waals surface area contributed by atoms with Gasteiger partial charge >= 0.3 is 12.1 Å². The van der Waals surface area contributed by atoms with Crippen LogP contribution in [0, 0.1) is 0 Å². The Morgan fingerprint density at radius 2 is 1.70 bits per heavy atom. The molecule has 0 saturated heterocycles. The molecule has 3 N–H and O–H groups in total. The maximum Gasteiger partial charge on any atom is 0.411 e. The van der Waals surface area contributed by atoms with Crippen molar-refractivity contribution in [3.63, 3.8) is 0 Å². The molecule has 4 rings (SSSR count). The second kappa shape index (κ2) is 9.15. The molecule has 2 aromatic carbocycles. The number of hydrogen-bond donors (Lipinski definition) is 3. The molecule has 2 amide bonds. The Morgan fingerprint density at radius 1 is 1.09 bits per heavy atom. The standard InChI is InChI=1S/C24H24N4O5/c1-3-19(23(30)31)25-22(29)21-20(12-28(2)27-21)26-24(32)33-13-18-16-10-6-4-8-14(16)15-9-5-7-11-17(15)18/h4-12,18-19H,3,13H2,1-2H3,(H,25,29)(H,26,32)(H,30,31)/t19-/m0/s1. The summed E-state index contributed by atoms with van der Waals surface area (Å²) >= 11 is 0. The minimum absolute atomic E-state index is 0.0919. The fourth-order valence-electron chi connectivity index (χ4n) is 4.06. The molecule has 1 aliphatic carbocycles. The Bertz CT molecular complexity index is 1170. The first kappa shape index (κ1) is 22.1. The van der Waals surface area contributed by atoms with Crippen LogP contribution in [0.5, 0.6) is 0 Å². The molecule has 0 bridgehead atoms. The minimum atomic E-state index is -1.15. The van der Waals surface area contributed by atoms with Crippen molar-refractivity contribution in [1.82, 2.24) is 15.1 Å². The fourth-order valence-corrected chi connectivity index (χ4v) is 4.06. The minimum Gasteiger partial charge on any atom is -0.480 e. The Labute approximate surface area is 190 Å². The fraction of sp³-hybridized carbons (Fsp3) is 0.250. The first-order valence-electron chi connectivity index (χ1n) is 10.6. The number of carboxylic acids is 1. The molecule has 0 spiro atoms. The van der Waals surface area contributed by atoms with E-state index in [1.54, 1.807) is 14.0 Å². The number of amides is 2. The summed E-state index contributed by atoms with van der Waals surface area (Å²) in [6.07, 6.45) is 0.936. The third kappa shape index (κ3) is 4.43. The van der Waals surface area contributed by atoms with E-state index in [9.17, 15) is 19.5 Å². The lowest BCUT2D eigenvalue weighted by Gasteiger charge is -2.15. The van der Waals surface area contributed by atoms with Gasteiger partial charge in [0.05, 0.1) is 5.69 Å². The van der Waals surface area contributed by atoms with Crippen molar-refractivity contribution < 1.29 is 24.2 Å². The number of carbonyl (C=O) groups excluding carboxylic acids is 2. The maximum atomic E-state index is 12.6. The lowest BCUT2D eigenvalue weighted by Crippen LogP contribution is -2.40. The molecule has 0 aliphatic heterocycles. The number of nitrogens with zero attached hydrogens (tertiary/aromatic N) is 2. The number of aromatic nitrogens is 2. The Morgan fingerprint density at radius 3 is 2.27 bits per heavy atom. The van der Waals surface area contributed by atoms with E-state index in [1.165, 1.54) is 10.9 Å². The molecule has 33 heavy (non-hydrogen) atoms. The summed E-state index contributed by atoms with van der Waals surface area (Å²) in [4.78, 5) is 36.3. The van der Waals surface area contributed by atoms with Gasteiger partial charge in [0.25, 0.3) is 5.91 Å². The van der Waals surface area contributed by atoms with E-state index >= 15 is 0 Å². The molecular formula is C24H24N4O5. The van der Waals surface area contributed by atoms with E-state index in [2.05, 4.69) is 27.9 Å². The number of carboxylic acid groups (broad SMARTS) is 1. The van der Waals surface area contributed by atoms with E-state index < -0.39 is 24.0 Å². The van der Waals surface area contributed by atoms with Gasteiger partial charge < -0.3 is 15.2 Å². The van der Waals surface area contributed by atoms with E-state index in [0.29, 0.717) is 0 Å². The molecule has 170 valence electrons. The van der Waals surface area contributed by atoms with Crippen molar-refractivity contribution in [3.8, 4) is 11.1 Å². The predicted octanol–water partition coefficient (Wildman–Crippen LogP) is 3.37. The van der Waals surface area contributed by atoms with Crippen LogP contribution in [-0.2, 0) is 16.6 Å². The Kier molecular flexibility index (Phi) is 6.12. The van der Waals surface area contributed by atoms with Crippen LogP contribution in [0.4, 0.5) is 10.5 Å². The lowest BCUT2D eigenvalue weighted by atomic mass is 9.98. The quantitative estimate of drug-likeness (QED) is 0.509. The van der Waals surface area contributed by atoms with Crippen LogP contribution in [0.2, 0.25) is 0 Å². The van der Waals surface area contributed by atoms with Gasteiger partial charge in [-0.25, -0.2) is 9.59 Å². The summed E-state index contributed by atoms with van der Waals surface area (Å²) in [6.45, 7) is 1.77. The van der Waals surface area contributed by atoms with Gasteiger partial charge in [-0.2, -0.15) is 5.10 Å². The highest BCUT2D eigenvalue weighted by atomic mass is 16.5. The first-order valence-corrected chi connectivity index (χ1v) is 10.6. The number of aliphatic carboxylic acids is 1. The highest BCUT2D eigenvalue weighted by molar-refractivity contribution is 6.02. The normalized spacial score (nSPS) is 13.0. The van der Waals surface area contributed by atoms with Gasteiger partial charge in [0.15, 0.2) is 5.69 Å². The van der Waals surface area contributed by atoms with Crippen LogP contribution < -0.4 is 10.6 Å². The van der Waals surface area contributed by atoms with E-state index in [1.807, 2.05) is 36.4 Å². The molecule has 1 aromatic heterocycles. The van der Waals surface area contributed by atoms with Gasteiger partial charge in [-0.1, -0.05) is 55.5 Å². The van der Waals surface area contributed by atoms with Crippen molar-refractivity contribution in [2.45, 2.75) is 25.3 Å². The second-order valence-electron chi connectivity index (χ2n) is 7.79. The van der Waals surface area contributed by atoms with Crippen LogP contribution in [0.3, 0.4) is 0 Å². The third-order valence-corrected chi connectivity index (χ3v) is 5.64. The number of rotatable bonds is 7. The molecule has 1 atom stereocenters. The molecule has 3 aromatic rings. The van der Waals surface area contributed by atoms with Crippen LogP contribution in [0.25, 0.3) is 11.1 Å². The molecular weight excluding hydrogens is 424 g/mol. The van der Waals surface area contributed by atoms with Crippen molar-refractivity contribution in [2.75, 3.05) is 11.9 Å². The van der Waals surface area contributed by atoms with Crippen molar-refractivity contribution >= 4 is 23.7 Å². The first-order chi connectivity index (χ1) is 15.9. The molecule has 0 saturated carbocycles. The summed E-state index contributed by atoms with van der Waals surface area (Å²) in [6, 6.07) is 15.0. The Hall–Kier alpha value is -4.14. The zero-order valence-electron chi connectivity index (χ0n) is 18.2. The predicted molar refractivity (Wildman–Crippen MR) is 121 cm³/mol. The molecule has 0 fully saturated rings. The monoisotopic (exact) mass is 448 g/mol. The van der Waals surface area contributed by atoms with Crippen LogP contribution in [0.15, 0.2) is 54.7 Å². The van der Waals surface area contributed by atoms with Crippen molar-refractivity contribution in [2.24, 2.45) is 7.05 Å². The number of benzene rings is 2. The highest BCUT2D eigenvalue weighted by Gasteiger charge is 2.29. The average molecular weight is 448 g/mol. The third-order valence-electron chi connectivity index (χ3n) is 5.64. The van der Waals surface area contributed by atoms with Crippen molar-refractivity contribution in [1.29, 1.82) is 0 Å². The zero-order valence-corrected chi connectivity index (χ0v) is 18.2. The summed E-state index contributed by atoms with van der Waals surface area (Å²) in [5.41, 5.74) is 4.46. The number of nitrogens with one attached hydrogen (secondary N) is 2. The van der Waals surface area contributed by atoms with Crippen LogP contribution >= 0.6 is 0 Å². The summed E-state index contributed by atoms with van der Waals surface area (Å²) in [5, 5.41) is 18.2. The van der Waals surface area contributed by atoms with Gasteiger partial charge in [-0.3, -0.25) is 14.8 Å². The van der Waals surface area contributed by atoms with Gasteiger partial charge in [0, 0.05) is 19.2 Å². The highest BCUT2D eigenvalue weighted by Crippen LogP contribution is 2.44. The second-order valence-corrected chi connectivity index (χ2v) is 7.79. The SMILES string of the molecule is CC[C@H](NC(=O)c1nn(C)cc1NC(=O)OCC1c2ccccc2-c2ccccc21)C(=O)O. The van der Waals surface area contributed by atoms with Gasteiger partial charge in [0.1, 0.15) is 12.6 Å². The van der Waals surface area contributed by atoms with Gasteiger partial charge in [-0.05, 0) is 28.7 Å². The molecule has 9 nitrogen and oxygen atoms in total. The van der Waals surface area contributed by atoms with E-state index in [-0.39, 0.29) is 30.3 Å². The van der Waals surface area contributed by atoms with E-state index in [4.69, 9.17) is 4.74 Å². The van der Waals surface area contributed by atoms with Crippen LogP contribution in [0.1, 0.15) is 40.9 Å². The maximum absolute atomic E-state index is 12.6. The number of carbonyl (C=O) groups is 3. The zero-order chi connectivity index (χ0) is 23.5. The smallest absolute Gasteiger partial charge is 0.411 e. The van der Waals surface area contributed by atoms with Gasteiger partial charge in [-0.15, -0.1) is 0 Å². The molecule has 9 heteroatoms. The number of ether oxygens (including phenoxy) is 1. The summed E-state index contributed by atoms with van der Waals surface area (Å²) < 4.78 is 6.87. The Balaban J connectivity index is 1.45. The van der Waals surface area contributed by atoms with Crippen molar-refractivity contribution in [3.05, 3.63) is 71.5 Å². The number of fused-ring (bicyclic) bond motifs is 3. The molecule has 1 aliphatic rings. The number of hydrogen-bond acceptors (Lipinski definition) is 5. The summed E-state index contributed by atoms with van der Waals surface area (Å²) in [5.74, 6) is -1.94. The molecule has 0 radical (unpaired) electrons. The molecule has 0 unspecified atom stereocenters. The number of anilines is 1. The summed E-state index contributed by atoms with van der Waals surface area (Å²) in [7, 11) is 1.59.